The van der Waals surface area contributed by atoms with Crippen LogP contribution in [0.25, 0.3) is 0 Å². The Kier molecular flexibility index (Phi) is 7.29. The van der Waals surface area contributed by atoms with Gasteiger partial charge in [0.05, 0.1) is 37.8 Å². The Morgan fingerprint density at radius 1 is 1.09 bits per heavy atom. The summed E-state index contributed by atoms with van der Waals surface area (Å²) < 4.78 is 9.36. The van der Waals surface area contributed by atoms with Gasteiger partial charge < -0.3 is 9.47 Å². The Morgan fingerprint density at radius 2 is 1.70 bits per heavy atom. The Hall–Kier alpha value is -2.86. The summed E-state index contributed by atoms with van der Waals surface area (Å²) in [5.74, 6) is -2.17. The van der Waals surface area contributed by atoms with Crippen molar-refractivity contribution in [1.29, 1.82) is 10.5 Å². The van der Waals surface area contributed by atoms with E-state index in [1.54, 1.807) is 24.3 Å². The molecule has 0 bridgehead atoms. The van der Waals surface area contributed by atoms with Crippen LogP contribution in [0.1, 0.15) is 28.8 Å². The first-order chi connectivity index (χ1) is 11.0. The van der Waals surface area contributed by atoms with Crippen molar-refractivity contribution in [2.75, 3.05) is 14.2 Å². The minimum atomic E-state index is -0.833. The predicted molar refractivity (Wildman–Crippen MR) is 80.9 cm³/mol. The van der Waals surface area contributed by atoms with Crippen molar-refractivity contribution < 1.29 is 19.1 Å². The molecule has 1 aromatic carbocycles. The second-order valence-electron chi connectivity index (χ2n) is 4.99. The summed E-state index contributed by atoms with van der Waals surface area (Å²) in [5.41, 5.74) is 1.40. The van der Waals surface area contributed by atoms with Gasteiger partial charge in [0.1, 0.15) is 5.92 Å². The van der Waals surface area contributed by atoms with Crippen LogP contribution in [0.4, 0.5) is 0 Å². The third-order valence-electron chi connectivity index (χ3n) is 3.52. The van der Waals surface area contributed by atoms with Crippen LogP contribution in [0.2, 0.25) is 0 Å². The highest BCUT2D eigenvalue weighted by atomic mass is 16.5. The molecule has 6 nitrogen and oxygen atoms in total. The van der Waals surface area contributed by atoms with Gasteiger partial charge in [0, 0.05) is 0 Å². The maximum Gasteiger partial charge on any atom is 0.337 e. The first-order valence-corrected chi connectivity index (χ1v) is 7.10. The summed E-state index contributed by atoms with van der Waals surface area (Å²) >= 11 is 0. The highest BCUT2D eigenvalue weighted by Crippen LogP contribution is 2.20. The summed E-state index contributed by atoms with van der Waals surface area (Å²) in [6.45, 7) is 0. The molecule has 0 N–H and O–H groups in total. The van der Waals surface area contributed by atoms with Gasteiger partial charge >= 0.3 is 11.9 Å². The Morgan fingerprint density at radius 3 is 2.17 bits per heavy atom. The van der Waals surface area contributed by atoms with Gasteiger partial charge in [-0.05, 0) is 37.0 Å². The van der Waals surface area contributed by atoms with Gasteiger partial charge in [0.2, 0.25) is 0 Å². The third kappa shape index (κ3) is 5.44. The lowest BCUT2D eigenvalue weighted by Crippen LogP contribution is -2.19. The van der Waals surface area contributed by atoms with Gasteiger partial charge in [0.15, 0.2) is 0 Å². The van der Waals surface area contributed by atoms with Gasteiger partial charge in [-0.2, -0.15) is 10.5 Å². The third-order valence-corrected chi connectivity index (χ3v) is 3.52. The number of nitrogens with zero attached hydrogens (tertiary/aromatic N) is 2. The number of carbonyl (C=O) groups is 2. The first kappa shape index (κ1) is 18.2. The van der Waals surface area contributed by atoms with Crippen LogP contribution in [-0.2, 0) is 20.7 Å². The fraction of sp³-hybridized carbons (Fsp3) is 0.412. The maximum absolute atomic E-state index is 11.8. The SMILES string of the molecule is COC(=O)c1ccc(CC[C@H](CC(C#N)C#N)C(=O)OC)cc1. The average molecular weight is 314 g/mol. The number of hydrogen-bond acceptors (Lipinski definition) is 6. The molecular weight excluding hydrogens is 296 g/mol. The monoisotopic (exact) mass is 314 g/mol. The molecule has 0 amide bonds. The smallest absolute Gasteiger partial charge is 0.337 e. The molecular formula is C17H18N2O4. The largest absolute Gasteiger partial charge is 0.469 e. The quantitative estimate of drug-likeness (QED) is 0.715. The molecule has 0 spiro atoms. The van der Waals surface area contributed by atoms with E-state index in [9.17, 15) is 9.59 Å². The Labute approximate surface area is 135 Å². The van der Waals surface area contributed by atoms with E-state index < -0.39 is 23.8 Å². The zero-order chi connectivity index (χ0) is 17.2. The van der Waals surface area contributed by atoms with E-state index in [0.717, 1.165) is 5.56 Å². The van der Waals surface area contributed by atoms with Crippen molar-refractivity contribution in [1.82, 2.24) is 0 Å². The molecule has 0 saturated heterocycles. The van der Waals surface area contributed by atoms with E-state index in [1.165, 1.54) is 14.2 Å². The molecule has 1 atom stereocenters. The maximum atomic E-state index is 11.8. The van der Waals surface area contributed by atoms with Gasteiger partial charge in [0.25, 0.3) is 0 Å². The topological polar surface area (TPSA) is 100 Å². The minimum Gasteiger partial charge on any atom is -0.469 e. The second-order valence-corrected chi connectivity index (χ2v) is 4.99. The van der Waals surface area contributed by atoms with E-state index in [0.29, 0.717) is 18.4 Å². The molecule has 0 aliphatic heterocycles. The summed E-state index contributed by atoms with van der Waals surface area (Å²) in [4.78, 5) is 23.1. The molecule has 23 heavy (non-hydrogen) atoms. The molecule has 0 aliphatic carbocycles. The molecule has 0 radical (unpaired) electrons. The molecule has 0 aliphatic rings. The lowest BCUT2D eigenvalue weighted by molar-refractivity contribution is -0.146. The first-order valence-electron chi connectivity index (χ1n) is 7.10. The number of rotatable bonds is 7. The lowest BCUT2D eigenvalue weighted by atomic mass is 9.90. The van der Waals surface area contributed by atoms with E-state index in [4.69, 9.17) is 15.3 Å². The number of aryl methyl sites for hydroxylation is 1. The molecule has 1 aromatic rings. The minimum absolute atomic E-state index is 0.153. The molecule has 0 heterocycles. The summed E-state index contributed by atoms with van der Waals surface area (Å²) in [5, 5.41) is 17.7. The Balaban J connectivity index is 2.71. The number of esters is 2. The Bertz CT molecular complexity index is 611. The van der Waals surface area contributed by atoms with E-state index in [2.05, 4.69) is 4.74 Å². The standard InChI is InChI=1S/C17H18N2O4/c1-22-16(20)14-6-3-12(4-7-14)5-8-15(17(21)23-2)9-13(10-18)11-19/h3-4,6-7,13,15H,5,8-9H2,1-2H3/t15-/m1/s1. The zero-order valence-electron chi connectivity index (χ0n) is 13.1. The van der Waals surface area contributed by atoms with E-state index >= 15 is 0 Å². The van der Waals surface area contributed by atoms with Crippen LogP contribution in [0.15, 0.2) is 24.3 Å². The molecule has 0 saturated carbocycles. The van der Waals surface area contributed by atoms with Crippen molar-refractivity contribution in [3.05, 3.63) is 35.4 Å². The van der Waals surface area contributed by atoms with Gasteiger partial charge in [-0.15, -0.1) is 0 Å². The van der Waals surface area contributed by atoms with Crippen molar-refractivity contribution in [3.63, 3.8) is 0 Å². The predicted octanol–water partition coefficient (Wildman–Crippen LogP) is 2.25. The van der Waals surface area contributed by atoms with Crippen LogP contribution < -0.4 is 0 Å². The number of ether oxygens (including phenoxy) is 2. The fourth-order valence-corrected chi connectivity index (χ4v) is 2.18. The number of methoxy groups -OCH3 is 2. The van der Waals surface area contributed by atoms with Crippen LogP contribution in [-0.4, -0.2) is 26.2 Å². The van der Waals surface area contributed by atoms with Crippen molar-refractivity contribution in [3.8, 4) is 12.1 Å². The van der Waals surface area contributed by atoms with Crippen molar-refractivity contribution in [2.24, 2.45) is 11.8 Å². The van der Waals surface area contributed by atoms with E-state index in [-0.39, 0.29) is 6.42 Å². The van der Waals surface area contributed by atoms with Gasteiger partial charge in [-0.3, -0.25) is 4.79 Å². The number of nitriles is 2. The number of benzene rings is 1. The van der Waals surface area contributed by atoms with Gasteiger partial charge in [-0.1, -0.05) is 12.1 Å². The molecule has 0 fully saturated rings. The van der Waals surface area contributed by atoms with E-state index in [1.807, 2.05) is 12.1 Å². The lowest BCUT2D eigenvalue weighted by Gasteiger charge is -2.14. The fourth-order valence-electron chi connectivity index (χ4n) is 2.18. The highest BCUT2D eigenvalue weighted by molar-refractivity contribution is 5.89. The molecule has 1 rings (SSSR count). The molecule has 6 heteroatoms. The molecule has 120 valence electrons. The van der Waals surface area contributed by atoms with Crippen LogP contribution in [0, 0.1) is 34.5 Å². The summed E-state index contributed by atoms with van der Waals surface area (Å²) in [6.07, 6.45) is 1.19. The molecule has 0 aromatic heterocycles. The number of hydrogen-bond donors (Lipinski definition) is 0. The van der Waals surface area contributed by atoms with Crippen LogP contribution in [0.5, 0.6) is 0 Å². The van der Waals surface area contributed by atoms with Crippen LogP contribution >= 0.6 is 0 Å². The average Bonchev–Trinajstić information content (AvgIpc) is 2.61. The summed E-state index contributed by atoms with van der Waals surface area (Å²) in [6, 6.07) is 10.6. The van der Waals surface area contributed by atoms with Crippen molar-refractivity contribution >= 4 is 11.9 Å². The summed E-state index contributed by atoms with van der Waals surface area (Å²) in [7, 11) is 2.60. The number of carbonyl (C=O) groups excluding carboxylic acids is 2. The molecule has 0 unspecified atom stereocenters. The second kappa shape index (κ2) is 9.22. The van der Waals surface area contributed by atoms with Gasteiger partial charge in [-0.25, -0.2) is 4.79 Å². The van der Waals surface area contributed by atoms with Crippen LogP contribution in [0.3, 0.4) is 0 Å². The zero-order valence-corrected chi connectivity index (χ0v) is 13.1. The normalized spacial score (nSPS) is 11.2. The van der Waals surface area contributed by atoms with Crippen molar-refractivity contribution in [2.45, 2.75) is 19.3 Å². The highest BCUT2D eigenvalue weighted by Gasteiger charge is 2.23.